The molecule has 0 unspecified atom stereocenters. The third-order valence-electron chi connectivity index (χ3n) is 3.38. The summed E-state index contributed by atoms with van der Waals surface area (Å²) in [7, 11) is 1.65. The third-order valence-corrected chi connectivity index (χ3v) is 3.38. The van der Waals surface area contributed by atoms with Gasteiger partial charge in [-0.3, -0.25) is 9.59 Å². The Bertz CT molecular complexity index is 896. The highest BCUT2D eigenvalue weighted by atomic mass is 16.5. The molecule has 2 N–H and O–H groups in total. The summed E-state index contributed by atoms with van der Waals surface area (Å²) in [5, 5.41) is 9.62. The van der Waals surface area contributed by atoms with Crippen LogP contribution in [-0.4, -0.2) is 29.8 Å². The van der Waals surface area contributed by atoms with E-state index in [0.29, 0.717) is 13.0 Å². The number of hydrogen-bond donors (Lipinski definition) is 2. The van der Waals surface area contributed by atoms with Crippen molar-refractivity contribution in [3.8, 4) is 11.5 Å². The van der Waals surface area contributed by atoms with E-state index in [0.717, 1.165) is 34.5 Å². The van der Waals surface area contributed by atoms with Gasteiger partial charge in [0.15, 0.2) is 5.75 Å². The number of nitrogens with one attached hydrogen (secondary N) is 1. The van der Waals surface area contributed by atoms with Gasteiger partial charge in [0, 0.05) is 36.5 Å². The van der Waals surface area contributed by atoms with Crippen molar-refractivity contribution < 1.29 is 23.8 Å². The lowest BCUT2D eigenvalue weighted by atomic mass is 10.1. The minimum atomic E-state index is -0.420. The number of esters is 1. The summed E-state index contributed by atoms with van der Waals surface area (Å²) in [6.45, 7) is 1.82. The van der Waals surface area contributed by atoms with Gasteiger partial charge in [-0.1, -0.05) is 0 Å². The highest BCUT2D eigenvalue weighted by Crippen LogP contribution is 2.23. The first-order chi connectivity index (χ1) is 12.0. The second-order valence-corrected chi connectivity index (χ2v) is 5.12. The average molecular weight is 345 g/mol. The van der Waals surface area contributed by atoms with Crippen LogP contribution in [0.2, 0.25) is 0 Å². The topological polar surface area (TPSA) is 102 Å². The van der Waals surface area contributed by atoms with E-state index in [1.807, 2.05) is 24.4 Å². The monoisotopic (exact) mass is 345 g/mol. The molecule has 3 aromatic rings. The number of carbonyl (C=O) groups excluding carboxylic acids is 1. The smallest absolute Gasteiger partial charge is 0.302 e. The summed E-state index contributed by atoms with van der Waals surface area (Å²) < 4.78 is 14.6. The Morgan fingerprint density at radius 1 is 1.32 bits per heavy atom. The lowest BCUT2D eigenvalue weighted by molar-refractivity contribution is -0.140. The number of aromatic amines is 1. The average Bonchev–Trinajstić information content (AvgIpc) is 3.00. The predicted molar refractivity (Wildman–Crippen MR) is 91.8 cm³/mol. The third kappa shape index (κ3) is 5.13. The molecule has 0 aliphatic carbocycles. The van der Waals surface area contributed by atoms with Crippen LogP contribution in [0.15, 0.2) is 52.2 Å². The number of H-pyrrole nitrogens is 1. The number of methoxy groups -OCH3 is 1. The summed E-state index contributed by atoms with van der Waals surface area (Å²) in [5.74, 6) is 0.223. The zero-order chi connectivity index (χ0) is 18.2. The molecular weight excluding hydrogens is 326 g/mol. The quantitative estimate of drug-likeness (QED) is 0.705. The van der Waals surface area contributed by atoms with Crippen LogP contribution < -0.4 is 10.2 Å². The largest absolute Gasteiger partial charge is 0.502 e. The molecule has 0 amide bonds. The van der Waals surface area contributed by atoms with Crippen LogP contribution in [0, 0.1) is 0 Å². The molecule has 2 aromatic heterocycles. The summed E-state index contributed by atoms with van der Waals surface area (Å²) in [6.07, 6.45) is 4.84. The number of benzene rings is 1. The Morgan fingerprint density at radius 2 is 2.12 bits per heavy atom. The number of aromatic nitrogens is 1. The van der Waals surface area contributed by atoms with Crippen LogP contribution in [0.5, 0.6) is 11.5 Å². The van der Waals surface area contributed by atoms with Crippen LogP contribution >= 0.6 is 0 Å². The Kier molecular flexibility index (Phi) is 6.22. The Balaban J connectivity index is 0.000000236. The van der Waals surface area contributed by atoms with E-state index < -0.39 is 5.43 Å². The van der Waals surface area contributed by atoms with Crippen LogP contribution in [-0.2, 0) is 16.0 Å². The van der Waals surface area contributed by atoms with E-state index in [1.54, 1.807) is 7.11 Å². The molecule has 0 aliphatic heterocycles. The zero-order valence-corrected chi connectivity index (χ0v) is 13.9. The number of aromatic hydroxyl groups is 1. The van der Waals surface area contributed by atoms with Gasteiger partial charge in [0.2, 0.25) is 5.43 Å². The van der Waals surface area contributed by atoms with Gasteiger partial charge in [-0.05, 0) is 23.8 Å². The van der Waals surface area contributed by atoms with Gasteiger partial charge < -0.3 is 24.0 Å². The Labute approximate surface area is 143 Å². The van der Waals surface area contributed by atoms with Crippen LogP contribution in [0.4, 0.5) is 0 Å². The van der Waals surface area contributed by atoms with Gasteiger partial charge in [-0.25, -0.2) is 0 Å². The van der Waals surface area contributed by atoms with Crippen molar-refractivity contribution in [2.24, 2.45) is 0 Å². The van der Waals surface area contributed by atoms with Gasteiger partial charge in [0.05, 0.1) is 20.0 Å². The minimum absolute atomic E-state index is 0.248. The molecule has 0 spiro atoms. The Morgan fingerprint density at radius 3 is 2.72 bits per heavy atom. The fraction of sp³-hybridized carbons (Fsp3) is 0.222. The molecule has 0 bridgehead atoms. The van der Waals surface area contributed by atoms with Gasteiger partial charge >= 0.3 is 5.97 Å². The number of carbonyl (C=O) groups is 1. The first-order valence-corrected chi connectivity index (χ1v) is 7.54. The van der Waals surface area contributed by atoms with Crippen LogP contribution in [0.1, 0.15) is 12.5 Å². The van der Waals surface area contributed by atoms with Gasteiger partial charge in [0.25, 0.3) is 0 Å². The van der Waals surface area contributed by atoms with E-state index in [4.69, 9.17) is 14.6 Å². The first kappa shape index (κ1) is 18.1. The lowest BCUT2D eigenvalue weighted by Gasteiger charge is -2.02. The molecule has 0 saturated heterocycles. The molecule has 25 heavy (non-hydrogen) atoms. The maximum Gasteiger partial charge on any atom is 0.302 e. The van der Waals surface area contributed by atoms with Crippen molar-refractivity contribution in [2.45, 2.75) is 13.3 Å². The molecule has 3 rings (SSSR count). The second-order valence-electron chi connectivity index (χ2n) is 5.12. The molecule has 0 fully saturated rings. The molecule has 7 heteroatoms. The molecule has 1 aromatic carbocycles. The van der Waals surface area contributed by atoms with Crippen molar-refractivity contribution in [2.75, 3.05) is 13.7 Å². The first-order valence-electron chi connectivity index (χ1n) is 7.54. The molecule has 7 nitrogen and oxygen atoms in total. The van der Waals surface area contributed by atoms with Crippen molar-refractivity contribution in [3.63, 3.8) is 0 Å². The maximum absolute atomic E-state index is 10.7. The second kappa shape index (κ2) is 8.58. The van der Waals surface area contributed by atoms with Crippen molar-refractivity contribution in [3.05, 3.63) is 58.8 Å². The van der Waals surface area contributed by atoms with E-state index in [9.17, 15) is 9.59 Å². The molecule has 0 atom stereocenters. The molecular formula is C18H19NO6. The van der Waals surface area contributed by atoms with Crippen LogP contribution in [0.25, 0.3) is 10.9 Å². The molecule has 0 radical (unpaired) electrons. The van der Waals surface area contributed by atoms with Crippen molar-refractivity contribution in [1.82, 2.24) is 4.98 Å². The molecule has 0 saturated carbocycles. The summed E-state index contributed by atoms with van der Waals surface area (Å²) in [6, 6.07) is 7.02. The van der Waals surface area contributed by atoms with E-state index in [1.165, 1.54) is 13.2 Å². The zero-order valence-electron chi connectivity index (χ0n) is 13.9. The molecule has 2 heterocycles. The highest BCUT2D eigenvalue weighted by Gasteiger charge is 2.05. The lowest BCUT2D eigenvalue weighted by Crippen LogP contribution is -2.02. The molecule has 0 aliphatic rings. The van der Waals surface area contributed by atoms with Gasteiger partial charge in [0.1, 0.15) is 12.0 Å². The van der Waals surface area contributed by atoms with Gasteiger partial charge in [-0.2, -0.15) is 0 Å². The fourth-order valence-electron chi connectivity index (χ4n) is 2.14. The van der Waals surface area contributed by atoms with Gasteiger partial charge in [-0.15, -0.1) is 0 Å². The Hall–Kier alpha value is -3.22. The maximum atomic E-state index is 10.7. The van der Waals surface area contributed by atoms with E-state index in [-0.39, 0.29) is 11.7 Å². The minimum Gasteiger partial charge on any atom is -0.502 e. The van der Waals surface area contributed by atoms with E-state index >= 15 is 0 Å². The fourth-order valence-corrected chi connectivity index (χ4v) is 2.14. The molecule has 132 valence electrons. The van der Waals surface area contributed by atoms with Crippen LogP contribution in [0.3, 0.4) is 0 Å². The SMILES string of the molecule is COc1ccc2[nH]cc(CCOC(C)=O)c2c1.O=c1ccocc1O. The van der Waals surface area contributed by atoms with Crippen molar-refractivity contribution >= 4 is 16.9 Å². The van der Waals surface area contributed by atoms with E-state index in [2.05, 4.69) is 9.40 Å². The van der Waals surface area contributed by atoms with Crippen molar-refractivity contribution in [1.29, 1.82) is 0 Å². The summed E-state index contributed by atoms with van der Waals surface area (Å²) >= 11 is 0. The number of hydrogen-bond acceptors (Lipinski definition) is 6. The number of ether oxygens (including phenoxy) is 2. The summed E-state index contributed by atoms with van der Waals surface area (Å²) in [5.41, 5.74) is 1.76. The number of fused-ring (bicyclic) bond motifs is 1. The highest BCUT2D eigenvalue weighted by molar-refractivity contribution is 5.84. The predicted octanol–water partition coefficient (Wildman–Crippen LogP) is 2.63. The summed E-state index contributed by atoms with van der Waals surface area (Å²) in [4.78, 5) is 24.2. The normalized spacial score (nSPS) is 10.0. The standard InChI is InChI=1S/C13H15NO3.C5H4O3/c1-9(15)17-6-5-10-8-14-13-4-3-11(16-2)7-12(10)13;6-4-1-2-8-3-5(4)7/h3-4,7-8,14H,5-6H2,1-2H3;1-3,7H. The number of rotatable bonds is 4.